The lowest BCUT2D eigenvalue weighted by molar-refractivity contribution is -0.384. The predicted molar refractivity (Wildman–Crippen MR) is 71.9 cm³/mol. The van der Waals surface area contributed by atoms with Crippen molar-refractivity contribution in [1.82, 2.24) is 0 Å². The maximum absolute atomic E-state index is 11.7. The highest BCUT2D eigenvalue weighted by Gasteiger charge is 2.31. The quantitative estimate of drug-likeness (QED) is 0.194. The Morgan fingerprint density at radius 2 is 2.05 bits per heavy atom. The second kappa shape index (κ2) is 7.51. The number of non-ortho nitro benzene ring substituents is 1. The molecule has 0 atom stereocenters. The number of hydrogen-bond donors (Lipinski definition) is 0. The van der Waals surface area contributed by atoms with Gasteiger partial charge in [-0.05, 0) is 19.1 Å². The molecule has 0 spiro atoms. The van der Waals surface area contributed by atoms with Gasteiger partial charge in [0, 0.05) is 17.7 Å². The van der Waals surface area contributed by atoms with Crippen LogP contribution in [0.1, 0.15) is 12.5 Å². The van der Waals surface area contributed by atoms with Crippen LogP contribution < -0.4 is 0 Å². The molecule has 0 aliphatic carbocycles. The molecule has 0 unspecified atom stereocenters. The fraction of sp³-hybridized carbons (Fsp3) is 0.250. The average molecular weight is 292 g/mol. The van der Waals surface area contributed by atoms with Crippen LogP contribution in [-0.2, 0) is 14.4 Å². The van der Waals surface area contributed by atoms with Gasteiger partial charge < -0.3 is 15.1 Å². The maximum atomic E-state index is 11.7. The van der Waals surface area contributed by atoms with E-state index < -0.39 is 16.6 Å². The normalized spacial score (nSPS) is 10.5. The average Bonchev–Trinajstić information content (AvgIpc) is 2.47. The lowest BCUT2D eigenvalue weighted by atomic mass is 10.1. The van der Waals surface area contributed by atoms with E-state index >= 15 is 0 Å². The number of carbonyl (C=O) groups is 1. The summed E-state index contributed by atoms with van der Waals surface area (Å²) in [4.78, 5) is 29.2. The summed E-state index contributed by atoms with van der Waals surface area (Å²) in [6.45, 7) is 1.67. The Kier molecular flexibility index (Phi) is 5.72. The van der Waals surface area contributed by atoms with Crippen LogP contribution in [0.3, 0.4) is 0 Å². The van der Waals surface area contributed by atoms with Gasteiger partial charge in [-0.3, -0.25) is 10.1 Å². The van der Waals surface area contributed by atoms with Crippen molar-refractivity contribution in [3.05, 3.63) is 45.5 Å². The molecule has 0 radical (unpaired) electrons. The molecule has 0 saturated heterocycles. The summed E-state index contributed by atoms with van der Waals surface area (Å²) in [6, 6.07) is 5.14. The largest absolute Gasteiger partial charge is 0.457 e. The van der Waals surface area contributed by atoms with E-state index in [9.17, 15) is 14.9 Å². The summed E-state index contributed by atoms with van der Waals surface area (Å²) in [5.41, 5.74) is 8.56. The SMILES string of the molecule is CCOC(=O)C(=[N+]=[N-])/C(=N/OC)c1ccc([N+](=O)[O-])cc1. The monoisotopic (exact) mass is 292 g/mol. The van der Waals surface area contributed by atoms with Crippen molar-refractivity contribution >= 4 is 23.1 Å². The van der Waals surface area contributed by atoms with Crippen LogP contribution in [0.4, 0.5) is 5.69 Å². The van der Waals surface area contributed by atoms with Gasteiger partial charge in [-0.1, -0.05) is 5.16 Å². The molecular formula is C12H12N4O5. The van der Waals surface area contributed by atoms with Gasteiger partial charge in [0.05, 0.1) is 11.5 Å². The third-order valence-electron chi connectivity index (χ3n) is 2.33. The first-order valence-electron chi connectivity index (χ1n) is 5.80. The van der Waals surface area contributed by atoms with Gasteiger partial charge in [0.1, 0.15) is 7.11 Å². The van der Waals surface area contributed by atoms with Gasteiger partial charge in [-0.2, -0.15) is 4.79 Å². The summed E-state index contributed by atoms with van der Waals surface area (Å²) in [7, 11) is 1.24. The molecule has 0 saturated carbocycles. The van der Waals surface area contributed by atoms with Crippen molar-refractivity contribution in [2.75, 3.05) is 13.7 Å². The highest BCUT2D eigenvalue weighted by molar-refractivity contribution is 6.67. The molecule has 1 rings (SSSR count). The molecule has 110 valence electrons. The van der Waals surface area contributed by atoms with Gasteiger partial charge in [-0.25, -0.2) is 4.79 Å². The Balaban J connectivity index is 3.24. The van der Waals surface area contributed by atoms with Crippen molar-refractivity contribution in [3.8, 4) is 0 Å². The maximum Gasteiger partial charge on any atom is 0.428 e. The zero-order valence-electron chi connectivity index (χ0n) is 11.3. The number of nitrogens with zero attached hydrogens (tertiary/aromatic N) is 4. The standard InChI is InChI=1S/C12H12N4O5/c1-3-21-12(17)11(14-13)10(15-20-2)8-4-6-9(7-5-8)16(18)19/h4-7H,3H2,1-2H3/b15-10+. The second-order valence-electron chi connectivity index (χ2n) is 3.60. The minimum absolute atomic E-state index is 0.0817. The molecule has 0 heterocycles. The molecule has 1 aromatic carbocycles. The molecule has 0 amide bonds. The lowest BCUT2D eigenvalue weighted by Gasteiger charge is -2.02. The van der Waals surface area contributed by atoms with Crippen LogP contribution in [0.25, 0.3) is 5.53 Å². The molecule has 0 fully saturated rings. The molecule has 0 aromatic heterocycles. The van der Waals surface area contributed by atoms with E-state index in [1.807, 2.05) is 0 Å². The number of nitro benzene ring substituents is 1. The third-order valence-corrected chi connectivity index (χ3v) is 2.33. The summed E-state index contributed by atoms with van der Waals surface area (Å²) in [5.74, 6) is -0.894. The van der Waals surface area contributed by atoms with E-state index in [-0.39, 0.29) is 18.0 Å². The topological polar surface area (TPSA) is 127 Å². The summed E-state index contributed by atoms with van der Waals surface area (Å²) >= 11 is 0. The van der Waals surface area contributed by atoms with E-state index in [0.717, 1.165) is 0 Å². The van der Waals surface area contributed by atoms with E-state index in [1.54, 1.807) is 6.92 Å². The van der Waals surface area contributed by atoms with Gasteiger partial charge in [0.2, 0.25) is 5.71 Å². The van der Waals surface area contributed by atoms with Gasteiger partial charge >= 0.3 is 11.7 Å². The second-order valence-corrected chi connectivity index (χ2v) is 3.60. The first kappa shape index (κ1) is 16.0. The Morgan fingerprint density at radius 3 is 2.48 bits per heavy atom. The Bertz CT molecular complexity index is 617. The van der Waals surface area contributed by atoms with Crippen molar-refractivity contribution in [2.24, 2.45) is 5.16 Å². The van der Waals surface area contributed by atoms with Gasteiger partial charge in [0.25, 0.3) is 5.69 Å². The molecule has 0 bridgehead atoms. The summed E-state index contributed by atoms with van der Waals surface area (Å²) in [5, 5.41) is 14.2. The van der Waals surface area contributed by atoms with Crippen LogP contribution in [-0.4, -0.2) is 40.8 Å². The summed E-state index contributed by atoms with van der Waals surface area (Å²) < 4.78 is 4.73. The summed E-state index contributed by atoms with van der Waals surface area (Å²) in [6.07, 6.45) is 0. The minimum Gasteiger partial charge on any atom is -0.457 e. The zero-order chi connectivity index (χ0) is 15.8. The molecule has 1 aromatic rings. The molecular weight excluding hydrogens is 280 g/mol. The number of hydrogen-bond acceptors (Lipinski definition) is 6. The number of ether oxygens (including phenoxy) is 1. The number of carbonyl (C=O) groups excluding carboxylic acids is 1. The van der Waals surface area contributed by atoms with Crippen LogP contribution in [0.15, 0.2) is 29.4 Å². The van der Waals surface area contributed by atoms with Crippen LogP contribution in [0.5, 0.6) is 0 Å². The molecule has 9 nitrogen and oxygen atoms in total. The smallest absolute Gasteiger partial charge is 0.428 e. The van der Waals surface area contributed by atoms with Crippen LogP contribution >= 0.6 is 0 Å². The fourth-order valence-corrected chi connectivity index (χ4v) is 1.45. The van der Waals surface area contributed by atoms with Crippen LogP contribution in [0.2, 0.25) is 0 Å². The van der Waals surface area contributed by atoms with E-state index in [1.165, 1.54) is 31.4 Å². The fourth-order valence-electron chi connectivity index (χ4n) is 1.45. The number of benzene rings is 1. The zero-order valence-corrected chi connectivity index (χ0v) is 11.3. The third kappa shape index (κ3) is 3.95. The first-order valence-corrected chi connectivity index (χ1v) is 5.80. The first-order chi connectivity index (χ1) is 10.0. The minimum atomic E-state index is -0.894. The number of nitro groups is 1. The highest BCUT2D eigenvalue weighted by atomic mass is 16.6. The van der Waals surface area contributed by atoms with Crippen molar-refractivity contribution in [1.29, 1.82) is 0 Å². The molecule has 0 aliphatic rings. The van der Waals surface area contributed by atoms with E-state index in [2.05, 4.69) is 14.8 Å². The number of oxime groups is 1. The molecule has 0 aliphatic heterocycles. The Labute approximate surface area is 119 Å². The Hall–Kier alpha value is -3.06. The molecule has 0 N–H and O–H groups in total. The highest BCUT2D eigenvalue weighted by Crippen LogP contribution is 2.13. The molecule has 21 heavy (non-hydrogen) atoms. The van der Waals surface area contributed by atoms with Crippen molar-refractivity contribution in [3.63, 3.8) is 0 Å². The van der Waals surface area contributed by atoms with Crippen LogP contribution in [0, 0.1) is 10.1 Å². The predicted octanol–water partition coefficient (Wildman–Crippen LogP) is 1.18. The van der Waals surface area contributed by atoms with E-state index in [4.69, 9.17) is 10.3 Å². The number of esters is 1. The lowest BCUT2D eigenvalue weighted by Crippen LogP contribution is -2.28. The van der Waals surface area contributed by atoms with E-state index in [0.29, 0.717) is 5.56 Å². The van der Waals surface area contributed by atoms with Gasteiger partial charge in [-0.15, -0.1) is 0 Å². The molecule has 9 heteroatoms. The van der Waals surface area contributed by atoms with Crippen molar-refractivity contribution in [2.45, 2.75) is 6.92 Å². The Morgan fingerprint density at radius 1 is 1.43 bits per heavy atom. The van der Waals surface area contributed by atoms with Gasteiger partial charge in [0.15, 0.2) is 0 Å². The van der Waals surface area contributed by atoms with Crippen molar-refractivity contribution < 1.29 is 24.1 Å². The number of rotatable bonds is 6.